The molecule has 0 fully saturated rings. The Balaban J connectivity index is 2.62. The van der Waals surface area contributed by atoms with Gasteiger partial charge < -0.3 is 15.6 Å². The molecule has 4 heteroatoms. The van der Waals surface area contributed by atoms with E-state index in [-0.39, 0.29) is 11.4 Å². The van der Waals surface area contributed by atoms with Crippen molar-refractivity contribution in [1.29, 1.82) is 0 Å². The first-order chi connectivity index (χ1) is 8.06. The van der Waals surface area contributed by atoms with E-state index in [0.29, 0.717) is 12.2 Å². The third-order valence-electron chi connectivity index (χ3n) is 3.41. The SMILES string of the molecule is CCn1cccc1C(=O)NCC(N)(CC)CC. The second-order valence-corrected chi connectivity index (χ2v) is 4.43. The van der Waals surface area contributed by atoms with Gasteiger partial charge in [0.25, 0.3) is 5.91 Å². The number of hydrogen-bond donors (Lipinski definition) is 2. The molecule has 0 saturated carbocycles. The molecule has 17 heavy (non-hydrogen) atoms. The van der Waals surface area contributed by atoms with Crippen LogP contribution in [-0.2, 0) is 6.54 Å². The van der Waals surface area contributed by atoms with Crippen molar-refractivity contribution in [2.75, 3.05) is 6.54 Å². The van der Waals surface area contributed by atoms with Crippen molar-refractivity contribution < 1.29 is 4.79 Å². The van der Waals surface area contributed by atoms with Crippen molar-refractivity contribution in [3.05, 3.63) is 24.0 Å². The molecule has 0 atom stereocenters. The summed E-state index contributed by atoms with van der Waals surface area (Å²) in [4.78, 5) is 12.0. The van der Waals surface area contributed by atoms with E-state index in [1.807, 2.05) is 43.7 Å². The van der Waals surface area contributed by atoms with E-state index < -0.39 is 0 Å². The highest BCUT2D eigenvalue weighted by atomic mass is 16.1. The largest absolute Gasteiger partial charge is 0.349 e. The van der Waals surface area contributed by atoms with Crippen molar-refractivity contribution >= 4 is 5.91 Å². The first-order valence-electron chi connectivity index (χ1n) is 6.28. The van der Waals surface area contributed by atoms with E-state index >= 15 is 0 Å². The highest BCUT2D eigenvalue weighted by Crippen LogP contribution is 2.10. The fourth-order valence-electron chi connectivity index (χ4n) is 1.74. The van der Waals surface area contributed by atoms with Gasteiger partial charge in [0.05, 0.1) is 0 Å². The fraction of sp³-hybridized carbons (Fsp3) is 0.615. The van der Waals surface area contributed by atoms with Gasteiger partial charge in [-0.15, -0.1) is 0 Å². The predicted molar refractivity (Wildman–Crippen MR) is 69.9 cm³/mol. The highest BCUT2D eigenvalue weighted by molar-refractivity contribution is 5.92. The van der Waals surface area contributed by atoms with Crippen LogP contribution in [0.4, 0.5) is 0 Å². The Morgan fingerprint density at radius 1 is 1.41 bits per heavy atom. The molecule has 0 aromatic carbocycles. The number of nitrogens with zero attached hydrogens (tertiary/aromatic N) is 1. The summed E-state index contributed by atoms with van der Waals surface area (Å²) in [6.45, 7) is 7.43. The Kier molecular flexibility index (Phi) is 4.75. The third-order valence-corrected chi connectivity index (χ3v) is 3.41. The monoisotopic (exact) mass is 237 g/mol. The van der Waals surface area contributed by atoms with Crippen LogP contribution in [0, 0.1) is 0 Å². The molecule has 0 aliphatic heterocycles. The molecular weight excluding hydrogens is 214 g/mol. The van der Waals surface area contributed by atoms with Crippen LogP contribution in [0.15, 0.2) is 18.3 Å². The van der Waals surface area contributed by atoms with Gasteiger partial charge in [-0.2, -0.15) is 0 Å². The zero-order valence-corrected chi connectivity index (χ0v) is 11.0. The Morgan fingerprint density at radius 2 is 2.06 bits per heavy atom. The van der Waals surface area contributed by atoms with Gasteiger partial charge in [-0.05, 0) is 31.9 Å². The summed E-state index contributed by atoms with van der Waals surface area (Å²) >= 11 is 0. The van der Waals surface area contributed by atoms with E-state index in [4.69, 9.17) is 5.73 Å². The molecule has 3 N–H and O–H groups in total. The minimum Gasteiger partial charge on any atom is -0.349 e. The number of carbonyl (C=O) groups is 1. The zero-order chi connectivity index (χ0) is 12.9. The zero-order valence-electron chi connectivity index (χ0n) is 11.0. The lowest BCUT2D eigenvalue weighted by atomic mass is 9.94. The lowest BCUT2D eigenvalue weighted by Crippen LogP contribution is -2.49. The van der Waals surface area contributed by atoms with E-state index in [1.54, 1.807) is 0 Å². The summed E-state index contributed by atoms with van der Waals surface area (Å²) in [5, 5.41) is 2.92. The minimum atomic E-state index is -0.292. The van der Waals surface area contributed by atoms with E-state index in [2.05, 4.69) is 5.32 Å². The first kappa shape index (κ1) is 13.8. The van der Waals surface area contributed by atoms with Crippen LogP contribution in [-0.4, -0.2) is 22.6 Å². The summed E-state index contributed by atoms with van der Waals surface area (Å²) in [6, 6.07) is 3.71. The highest BCUT2D eigenvalue weighted by Gasteiger charge is 2.21. The molecule has 0 bridgehead atoms. The Labute approximate surface area is 103 Å². The summed E-state index contributed by atoms with van der Waals surface area (Å²) in [7, 11) is 0. The van der Waals surface area contributed by atoms with Crippen LogP contribution >= 0.6 is 0 Å². The van der Waals surface area contributed by atoms with E-state index in [0.717, 1.165) is 19.4 Å². The van der Waals surface area contributed by atoms with Gasteiger partial charge in [0.1, 0.15) is 5.69 Å². The van der Waals surface area contributed by atoms with Crippen molar-refractivity contribution in [1.82, 2.24) is 9.88 Å². The standard InChI is InChI=1S/C13H23N3O/c1-4-13(14,5-2)10-15-12(17)11-8-7-9-16(11)6-3/h7-9H,4-6,10,14H2,1-3H3,(H,15,17). The lowest BCUT2D eigenvalue weighted by Gasteiger charge is -2.26. The molecule has 0 spiro atoms. The Morgan fingerprint density at radius 3 is 2.59 bits per heavy atom. The number of nitrogens with two attached hydrogens (primary N) is 1. The van der Waals surface area contributed by atoms with Crippen LogP contribution in [0.2, 0.25) is 0 Å². The number of hydrogen-bond acceptors (Lipinski definition) is 2. The third kappa shape index (κ3) is 3.33. The van der Waals surface area contributed by atoms with Crippen molar-refractivity contribution in [3.63, 3.8) is 0 Å². The summed E-state index contributed by atoms with van der Waals surface area (Å²) in [5.74, 6) is -0.0476. The van der Waals surface area contributed by atoms with Crippen LogP contribution < -0.4 is 11.1 Å². The van der Waals surface area contributed by atoms with E-state index in [9.17, 15) is 4.79 Å². The molecule has 1 aromatic heterocycles. The molecular formula is C13H23N3O. The number of rotatable bonds is 6. The maximum Gasteiger partial charge on any atom is 0.267 e. The second-order valence-electron chi connectivity index (χ2n) is 4.43. The quantitative estimate of drug-likeness (QED) is 0.792. The normalized spacial score (nSPS) is 11.5. The summed E-state index contributed by atoms with van der Waals surface area (Å²) in [5.41, 5.74) is 6.55. The summed E-state index contributed by atoms with van der Waals surface area (Å²) < 4.78 is 1.92. The number of aromatic nitrogens is 1. The molecule has 0 aliphatic carbocycles. The number of amides is 1. The van der Waals surface area contributed by atoms with Crippen LogP contribution in [0.3, 0.4) is 0 Å². The lowest BCUT2D eigenvalue weighted by molar-refractivity contribution is 0.0933. The van der Waals surface area contributed by atoms with Gasteiger partial charge in [0, 0.05) is 24.8 Å². The minimum absolute atomic E-state index is 0.0476. The molecule has 0 radical (unpaired) electrons. The molecule has 0 aliphatic rings. The molecule has 1 amide bonds. The fourth-order valence-corrected chi connectivity index (χ4v) is 1.74. The topological polar surface area (TPSA) is 60.0 Å². The Bertz CT molecular complexity index is 366. The number of carbonyl (C=O) groups excluding carboxylic acids is 1. The van der Waals surface area contributed by atoms with Gasteiger partial charge in [-0.3, -0.25) is 4.79 Å². The van der Waals surface area contributed by atoms with Gasteiger partial charge in [-0.25, -0.2) is 0 Å². The van der Waals surface area contributed by atoms with Crippen molar-refractivity contribution in [2.24, 2.45) is 5.73 Å². The van der Waals surface area contributed by atoms with Crippen molar-refractivity contribution in [2.45, 2.75) is 45.7 Å². The smallest absolute Gasteiger partial charge is 0.267 e. The predicted octanol–water partition coefficient (Wildman–Crippen LogP) is 1.76. The average molecular weight is 237 g/mol. The summed E-state index contributed by atoms with van der Waals surface area (Å²) in [6.07, 6.45) is 3.63. The molecule has 96 valence electrons. The van der Waals surface area contributed by atoms with Gasteiger partial charge in [0.2, 0.25) is 0 Å². The van der Waals surface area contributed by atoms with Crippen LogP contribution in [0.5, 0.6) is 0 Å². The van der Waals surface area contributed by atoms with E-state index in [1.165, 1.54) is 0 Å². The second kappa shape index (κ2) is 5.87. The van der Waals surface area contributed by atoms with Gasteiger partial charge in [0.15, 0.2) is 0 Å². The molecule has 1 rings (SSSR count). The number of nitrogens with one attached hydrogen (secondary N) is 1. The van der Waals surface area contributed by atoms with Crippen LogP contribution in [0.25, 0.3) is 0 Å². The average Bonchev–Trinajstić information content (AvgIpc) is 2.83. The molecule has 1 aromatic rings. The van der Waals surface area contributed by atoms with Gasteiger partial charge in [-0.1, -0.05) is 13.8 Å². The van der Waals surface area contributed by atoms with Crippen molar-refractivity contribution in [3.8, 4) is 0 Å². The maximum atomic E-state index is 12.0. The van der Waals surface area contributed by atoms with Gasteiger partial charge >= 0.3 is 0 Å². The molecule has 1 heterocycles. The molecule has 4 nitrogen and oxygen atoms in total. The molecule has 0 saturated heterocycles. The maximum absolute atomic E-state index is 12.0. The number of aryl methyl sites for hydroxylation is 1. The molecule has 0 unspecified atom stereocenters. The first-order valence-corrected chi connectivity index (χ1v) is 6.28. The Hall–Kier alpha value is -1.29. The van der Waals surface area contributed by atoms with Crippen LogP contribution in [0.1, 0.15) is 44.1 Å².